The Morgan fingerprint density at radius 1 is 1.26 bits per heavy atom. The van der Waals surface area contributed by atoms with Gasteiger partial charge in [-0.3, -0.25) is 4.98 Å². The van der Waals surface area contributed by atoms with Gasteiger partial charge in [-0.15, -0.1) is 0 Å². The second-order valence-electron chi connectivity index (χ2n) is 7.29. The number of rotatable bonds is 4. The van der Waals surface area contributed by atoms with Gasteiger partial charge in [0.15, 0.2) is 5.65 Å². The number of pyridine rings is 1. The van der Waals surface area contributed by atoms with Crippen LogP contribution in [0.3, 0.4) is 0 Å². The zero-order chi connectivity index (χ0) is 19.0. The minimum atomic E-state index is -1.19. The van der Waals surface area contributed by atoms with Gasteiger partial charge in [0, 0.05) is 24.5 Å². The standard InChI is InChI=1S/C19H20ClN5O2/c1-11-2-4-12(5-3-11)9-25-10-22-17-16(25)15(23-18(24-17)19(26)27)13-6-14(20)8-21-7-13/h6-8,10-12H,2-5,9H2,1H3,(H,26,27)/t11-,12-. The van der Waals surface area contributed by atoms with Gasteiger partial charge in [0.25, 0.3) is 0 Å². The molecule has 1 aliphatic carbocycles. The van der Waals surface area contributed by atoms with Crippen molar-refractivity contribution < 1.29 is 9.90 Å². The normalized spacial score (nSPS) is 20.1. The molecular formula is C19H20ClN5O2. The van der Waals surface area contributed by atoms with Gasteiger partial charge in [-0.25, -0.2) is 19.7 Å². The Morgan fingerprint density at radius 3 is 2.74 bits per heavy atom. The zero-order valence-electron chi connectivity index (χ0n) is 15.0. The highest BCUT2D eigenvalue weighted by molar-refractivity contribution is 6.30. The van der Waals surface area contributed by atoms with E-state index < -0.39 is 5.97 Å². The summed E-state index contributed by atoms with van der Waals surface area (Å²) >= 11 is 6.09. The van der Waals surface area contributed by atoms with E-state index in [0.717, 1.165) is 18.0 Å². The smallest absolute Gasteiger partial charge is 0.374 e. The lowest BCUT2D eigenvalue weighted by atomic mass is 9.83. The number of aromatic nitrogens is 5. The number of imidazole rings is 1. The van der Waals surface area contributed by atoms with Crippen molar-refractivity contribution in [1.29, 1.82) is 0 Å². The van der Waals surface area contributed by atoms with Crippen LogP contribution in [0.2, 0.25) is 5.02 Å². The van der Waals surface area contributed by atoms with Crippen LogP contribution in [0, 0.1) is 11.8 Å². The highest BCUT2D eigenvalue weighted by Gasteiger charge is 2.22. The molecular weight excluding hydrogens is 366 g/mol. The molecule has 3 heterocycles. The Labute approximate surface area is 161 Å². The Balaban J connectivity index is 1.81. The Morgan fingerprint density at radius 2 is 2.04 bits per heavy atom. The van der Waals surface area contributed by atoms with E-state index in [-0.39, 0.29) is 5.82 Å². The molecule has 3 aromatic heterocycles. The van der Waals surface area contributed by atoms with Crippen LogP contribution >= 0.6 is 11.6 Å². The summed E-state index contributed by atoms with van der Waals surface area (Å²) in [4.78, 5) is 28.3. The summed E-state index contributed by atoms with van der Waals surface area (Å²) in [6.07, 6.45) is 9.72. The number of halogens is 1. The van der Waals surface area contributed by atoms with Crippen molar-refractivity contribution in [3.8, 4) is 11.3 Å². The minimum absolute atomic E-state index is 0.283. The quantitative estimate of drug-likeness (QED) is 0.727. The van der Waals surface area contributed by atoms with E-state index in [1.54, 1.807) is 18.6 Å². The van der Waals surface area contributed by atoms with E-state index in [0.29, 0.717) is 27.8 Å². The fraction of sp³-hybridized carbons (Fsp3) is 0.421. The van der Waals surface area contributed by atoms with E-state index in [1.807, 2.05) is 4.57 Å². The summed E-state index contributed by atoms with van der Waals surface area (Å²) in [6, 6.07) is 1.72. The molecule has 140 valence electrons. The highest BCUT2D eigenvalue weighted by atomic mass is 35.5. The molecule has 8 heteroatoms. The summed E-state index contributed by atoms with van der Waals surface area (Å²) in [5, 5.41) is 9.82. The summed E-state index contributed by atoms with van der Waals surface area (Å²) in [6.45, 7) is 3.12. The van der Waals surface area contributed by atoms with Crippen molar-refractivity contribution in [2.45, 2.75) is 39.2 Å². The van der Waals surface area contributed by atoms with E-state index in [4.69, 9.17) is 11.6 Å². The van der Waals surface area contributed by atoms with Gasteiger partial charge >= 0.3 is 5.97 Å². The van der Waals surface area contributed by atoms with Crippen LogP contribution in [-0.4, -0.2) is 35.6 Å². The molecule has 4 rings (SSSR count). The molecule has 0 spiro atoms. The van der Waals surface area contributed by atoms with Gasteiger partial charge in [0.05, 0.1) is 11.3 Å². The highest BCUT2D eigenvalue weighted by Crippen LogP contribution is 2.32. The van der Waals surface area contributed by atoms with Gasteiger partial charge in [0.2, 0.25) is 5.82 Å². The third-order valence-corrected chi connectivity index (χ3v) is 5.44. The molecule has 0 aliphatic heterocycles. The van der Waals surface area contributed by atoms with E-state index in [2.05, 4.69) is 26.9 Å². The molecule has 1 saturated carbocycles. The van der Waals surface area contributed by atoms with Crippen LogP contribution in [0.4, 0.5) is 0 Å². The largest absolute Gasteiger partial charge is 0.475 e. The van der Waals surface area contributed by atoms with Crippen LogP contribution in [0.1, 0.15) is 43.2 Å². The zero-order valence-corrected chi connectivity index (χ0v) is 15.7. The number of carboxylic acid groups (broad SMARTS) is 1. The van der Waals surface area contributed by atoms with Crippen molar-refractivity contribution in [2.24, 2.45) is 11.8 Å². The first-order chi connectivity index (χ1) is 13.0. The second kappa shape index (κ2) is 7.23. The van der Waals surface area contributed by atoms with Gasteiger partial charge in [-0.05, 0) is 30.7 Å². The number of hydrogen-bond donors (Lipinski definition) is 1. The summed E-state index contributed by atoms with van der Waals surface area (Å²) < 4.78 is 2.04. The summed E-state index contributed by atoms with van der Waals surface area (Å²) in [5.41, 5.74) is 2.25. The lowest BCUT2D eigenvalue weighted by Gasteiger charge is -2.26. The monoisotopic (exact) mass is 385 g/mol. The Hall–Kier alpha value is -2.54. The first-order valence-electron chi connectivity index (χ1n) is 9.08. The van der Waals surface area contributed by atoms with Crippen LogP contribution in [0.5, 0.6) is 0 Å². The van der Waals surface area contributed by atoms with E-state index in [9.17, 15) is 9.90 Å². The fourth-order valence-electron chi connectivity index (χ4n) is 3.75. The lowest BCUT2D eigenvalue weighted by Crippen LogP contribution is -2.17. The molecule has 0 atom stereocenters. The molecule has 27 heavy (non-hydrogen) atoms. The third-order valence-electron chi connectivity index (χ3n) is 5.23. The van der Waals surface area contributed by atoms with Crippen molar-refractivity contribution in [3.63, 3.8) is 0 Å². The number of carbonyl (C=O) groups is 1. The topological polar surface area (TPSA) is 93.8 Å². The molecule has 3 aromatic rings. The molecule has 1 aliphatic rings. The van der Waals surface area contributed by atoms with Crippen LogP contribution in [0.25, 0.3) is 22.4 Å². The maximum Gasteiger partial charge on any atom is 0.374 e. The summed E-state index contributed by atoms with van der Waals surface area (Å²) in [7, 11) is 0. The SMILES string of the molecule is C[C@H]1CC[C@H](Cn2cnc3nc(C(=O)O)nc(-c4cncc(Cl)c4)c32)CC1. The fourth-order valence-corrected chi connectivity index (χ4v) is 3.92. The number of nitrogens with zero attached hydrogens (tertiary/aromatic N) is 5. The van der Waals surface area contributed by atoms with E-state index in [1.165, 1.54) is 31.9 Å². The van der Waals surface area contributed by atoms with Crippen molar-refractivity contribution >= 4 is 28.7 Å². The Kier molecular flexibility index (Phi) is 4.78. The predicted molar refractivity (Wildman–Crippen MR) is 102 cm³/mol. The second-order valence-corrected chi connectivity index (χ2v) is 7.72. The van der Waals surface area contributed by atoms with Gasteiger partial charge in [0.1, 0.15) is 11.2 Å². The maximum absolute atomic E-state index is 11.4. The van der Waals surface area contributed by atoms with E-state index >= 15 is 0 Å². The first-order valence-corrected chi connectivity index (χ1v) is 9.46. The molecule has 1 N–H and O–H groups in total. The molecule has 0 bridgehead atoms. The summed E-state index contributed by atoms with van der Waals surface area (Å²) in [5.74, 6) is -0.114. The number of aromatic carboxylic acids is 1. The van der Waals surface area contributed by atoms with Crippen LogP contribution < -0.4 is 0 Å². The van der Waals surface area contributed by atoms with Crippen molar-refractivity contribution in [2.75, 3.05) is 0 Å². The molecule has 0 amide bonds. The number of hydrogen-bond acceptors (Lipinski definition) is 5. The molecule has 1 fully saturated rings. The van der Waals surface area contributed by atoms with Gasteiger partial charge < -0.3 is 9.67 Å². The average Bonchev–Trinajstić information content (AvgIpc) is 3.05. The molecule has 7 nitrogen and oxygen atoms in total. The number of carboxylic acids is 1. The van der Waals surface area contributed by atoms with Crippen molar-refractivity contribution in [3.05, 3.63) is 35.6 Å². The molecule has 0 aromatic carbocycles. The molecule has 0 saturated heterocycles. The first kappa shape index (κ1) is 17.9. The van der Waals surface area contributed by atoms with Crippen LogP contribution in [0.15, 0.2) is 24.8 Å². The number of fused-ring (bicyclic) bond motifs is 1. The predicted octanol–water partition coefficient (Wildman–Crippen LogP) is 4.07. The Bertz CT molecular complexity index is 995. The minimum Gasteiger partial charge on any atom is -0.475 e. The molecule has 0 unspecified atom stereocenters. The maximum atomic E-state index is 11.4. The lowest BCUT2D eigenvalue weighted by molar-refractivity contribution is 0.0684. The third kappa shape index (κ3) is 3.64. The van der Waals surface area contributed by atoms with Crippen molar-refractivity contribution in [1.82, 2.24) is 24.5 Å². The van der Waals surface area contributed by atoms with Gasteiger partial charge in [-0.1, -0.05) is 31.4 Å². The van der Waals surface area contributed by atoms with Gasteiger partial charge in [-0.2, -0.15) is 0 Å². The molecule has 0 radical (unpaired) electrons. The van der Waals surface area contributed by atoms with Crippen LogP contribution in [-0.2, 0) is 6.54 Å². The average molecular weight is 386 g/mol.